The number of ether oxygens (including phenoxy) is 1. The first-order valence-electron chi connectivity index (χ1n) is 11.2. The summed E-state index contributed by atoms with van der Waals surface area (Å²) in [6, 6.07) is 21.5. The molecule has 0 amide bonds. The standard InChI is InChI=1S/C28H24FN3O4/c1-28(27(34)35,19-8-4-3-5-9-19)31-13-14-32-24(17-30)25(18-7-6-10-20(29)15-18)23-16-21(36-2)11-12-22(23)26(32)33/h3-12,15-16,31H,13-14H2,1-2H3,(H,34,35)/t28-/m0/s1. The van der Waals surface area contributed by atoms with Gasteiger partial charge in [-0.25, -0.2) is 9.18 Å². The van der Waals surface area contributed by atoms with Gasteiger partial charge in [-0.2, -0.15) is 5.26 Å². The second-order valence-corrected chi connectivity index (χ2v) is 8.44. The van der Waals surface area contributed by atoms with Crippen LogP contribution < -0.4 is 15.6 Å². The van der Waals surface area contributed by atoms with Crippen molar-refractivity contribution in [1.29, 1.82) is 5.26 Å². The molecule has 1 heterocycles. The van der Waals surface area contributed by atoms with Gasteiger partial charge < -0.3 is 9.84 Å². The number of carboxylic acids is 1. The summed E-state index contributed by atoms with van der Waals surface area (Å²) in [4.78, 5) is 25.6. The molecule has 1 aromatic heterocycles. The fraction of sp³-hybridized carbons (Fsp3) is 0.179. The van der Waals surface area contributed by atoms with E-state index >= 15 is 0 Å². The Labute approximate surface area is 207 Å². The van der Waals surface area contributed by atoms with Gasteiger partial charge >= 0.3 is 5.97 Å². The fourth-order valence-corrected chi connectivity index (χ4v) is 4.31. The molecular formula is C28H24FN3O4. The predicted octanol–water partition coefficient (Wildman–Crippen LogP) is 4.28. The van der Waals surface area contributed by atoms with Gasteiger partial charge in [-0.1, -0.05) is 42.5 Å². The van der Waals surface area contributed by atoms with E-state index in [1.807, 2.05) is 0 Å². The van der Waals surface area contributed by atoms with Crippen LogP contribution in [0.25, 0.3) is 21.9 Å². The summed E-state index contributed by atoms with van der Waals surface area (Å²) >= 11 is 0. The molecular weight excluding hydrogens is 461 g/mol. The number of methoxy groups -OCH3 is 1. The SMILES string of the molecule is COc1ccc2c(=O)n(CCN[C@](C)(C(=O)O)c3ccccc3)c(C#N)c(-c3cccc(F)c3)c2c1. The minimum Gasteiger partial charge on any atom is -0.497 e. The minimum absolute atomic E-state index is 0.0156. The highest BCUT2D eigenvalue weighted by molar-refractivity contribution is 5.99. The van der Waals surface area contributed by atoms with Crippen LogP contribution in [-0.4, -0.2) is 29.3 Å². The van der Waals surface area contributed by atoms with Crippen molar-refractivity contribution in [3.63, 3.8) is 0 Å². The van der Waals surface area contributed by atoms with Gasteiger partial charge in [0.2, 0.25) is 0 Å². The Bertz CT molecular complexity index is 1540. The third-order valence-corrected chi connectivity index (χ3v) is 6.29. The minimum atomic E-state index is -1.41. The zero-order chi connectivity index (χ0) is 25.9. The molecule has 0 aliphatic heterocycles. The average molecular weight is 486 g/mol. The normalized spacial score (nSPS) is 12.6. The van der Waals surface area contributed by atoms with Gasteiger partial charge in [0.15, 0.2) is 0 Å². The largest absolute Gasteiger partial charge is 0.497 e. The van der Waals surface area contributed by atoms with Crippen LogP contribution in [0.15, 0.2) is 77.6 Å². The van der Waals surface area contributed by atoms with Crippen molar-refractivity contribution in [2.24, 2.45) is 0 Å². The third-order valence-electron chi connectivity index (χ3n) is 6.29. The van der Waals surface area contributed by atoms with Gasteiger partial charge in [0.25, 0.3) is 5.56 Å². The summed E-state index contributed by atoms with van der Waals surface area (Å²) in [6.07, 6.45) is 0. The second kappa shape index (κ2) is 10.0. The van der Waals surface area contributed by atoms with Crippen molar-refractivity contribution >= 4 is 16.7 Å². The molecule has 0 radical (unpaired) electrons. The van der Waals surface area contributed by atoms with Gasteiger partial charge in [0.05, 0.1) is 7.11 Å². The Hall–Kier alpha value is -4.48. The maximum atomic E-state index is 14.1. The Morgan fingerprint density at radius 2 is 1.86 bits per heavy atom. The number of nitrogens with zero attached hydrogens (tertiary/aromatic N) is 2. The van der Waals surface area contributed by atoms with Crippen LogP contribution in [-0.2, 0) is 16.9 Å². The Kier molecular flexibility index (Phi) is 6.86. The molecule has 0 fully saturated rings. The number of rotatable bonds is 8. The highest BCUT2D eigenvalue weighted by Crippen LogP contribution is 2.33. The Balaban J connectivity index is 1.83. The molecule has 7 nitrogen and oxygen atoms in total. The Morgan fingerprint density at radius 1 is 1.11 bits per heavy atom. The number of halogens is 1. The van der Waals surface area contributed by atoms with Crippen LogP contribution in [0.1, 0.15) is 18.2 Å². The van der Waals surface area contributed by atoms with Crippen LogP contribution in [0.5, 0.6) is 5.75 Å². The van der Waals surface area contributed by atoms with Crippen LogP contribution in [0.3, 0.4) is 0 Å². The molecule has 0 aliphatic carbocycles. The van der Waals surface area contributed by atoms with Crippen LogP contribution in [0.4, 0.5) is 4.39 Å². The highest BCUT2D eigenvalue weighted by Gasteiger charge is 2.34. The lowest BCUT2D eigenvalue weighted by Gasteiger charge is -2.27. The highest BCUT2D eigenvalue weighted by atomic mass is 19.1. The maximum Gasteiger partial charge on any atom is 0.328 e. The number of benzene rings is 3. The summed E-state index contributed by atoms with van der Waals surface area (Å²) in [5.41, 5.74) is -0.391. The van der Waals surface area contributed by atoms with Crippen LogP contribution in [0, 0.1) is 17.1 Å². The van der Waals surface area contributed by atoms with Crippen molar-refractivity contribution < 1.29 is 19.0 Å². The maximum absolute atomic E-state index is 14.1. The second-order valence-electron chi connectivity index (χ2n) is 8.44. The number of hydrogen-bond donors (Lipinski definition) is 2. The number of hydrogen-bond acceptors (Lipinski definition) is 5. The Morgan fingerprint density at radius 3 is 2.50 bits per heavy atom. The quantitative estimate of drug-likeness (QED) is 0.386. The third kappa shape index (κ3) is 4.44. The summed E-state index contributed by atoms with van der Waals surface area (Å²) in [5, 5.41) is 23.9. The number of carboxylic acid groups (broad SMARTS) is 1. The first-order chi connectivity index (χ1) is 17.3. The summed E-state index contributed by atoms with van der Waals surface area (Å²) < 4.78 is 20.8. The molecule has 0 saturated heterocycles. The van der Waals surface area contributed by atoms with E-state index in [0.29, 0.717) is 33.2 Å². The zero-order valence-corrected chi connectivity index (χ0v) is 19.8. The van der Waals surface area contributed by atoms with E-state index < -0.39 is 22.9 Å². The molecule has 36 heavy (non-hydrogen) atoms. The molecule has 0 bridgehead atoms. The molecule has 3 aromatic carbocycles. The molecule has 8 heteroatoms. The van der Waals surface area contributed by atoms with Crippen molar-refractivity contribution in [2.75, 3.05) is 13.7 Å². The fourth-order valence-electron chi connectivity index (χ4n) is 4.31. The van der Waals surface area contributed by atoms with E-state index in [1.165, 1.54) is 29.9 Å². The summed E-state index contributed by atoms with van der Waals surface area (Å²) in [6.45, 7) is 1.64. The topological polar surface area (TPSA) is 104 Å². The number of carbonyl (C=O) groups is 1. The molecule has 182 valence electrons. The number of pyridine rings is 1. The van der Waals surface area contributed by atoms with E-state index in [-0.39, 0.29) is 18.8 Å². The number of nitriles is 1. The van der Waals surface area contributed by atoms with E-state index in [4.69, 9.17) is 4.74 Å². The summed E-state index contributed by atoms with van der Waals surface area (Å²) in [5.74, 6) is -1.07. The molecule has 0 saturated carbocycles. The first kappa shape index (κ1) is 24.6. The van der Waals surface area contributed by atoms with Gasteiger partial charge in [-0.3, -0.25) is 14.7 Å². The van der Waals surface area contributed by atoms with Crippen molar-refractivity contribution in [1.82, 2.24) is 9.88 Å². The lowest BCUT2D eigenvalue weighted by atomic mass is 9.92. The number of nitrogens with one attached hydrogen (secondary N) is 1. The average Bonchev–Trinajstić information content (AvgIpc) is 2.89. The summed E-state index contributed by atoms with van der Waals surface area (Å²) in [7, 11) is 1.49. The monoisotopic (exact) mass is 485 g/mol. The van der Waals surface area contributed by atoms with E-state index in [9.17, 15) is 24.3 Å². The molecule has 4 rings (SSSR count). The van der Waals surface area contributed by atoms with E-state index in [0.717, 1.165) is 0 Å². The van der Waals surface area contributed by atoms with Gasteiger partial charge in [-0.05, 0) is 48.4 Å². The van der Waals surface area contributed by atoms with Crippen molar-refractivity contribution in [2.45, 2.75) is 19.0 Å². The van der Waals surface area contributed by atoms with E-state index in [2.05, 4.69) is 11.4 Å². The van der Waals surface area contributed by atoms with Crippen LogP contribution in [0.2, 0.25) is 0 Å². The van der Waals surface area contributed by atoms with Crippen molar-refractivity contribution in [3.8, 4) is 22.9 Å². The van der Waals surface area contributed by atoms with Gasteiger partial charge in [-0.15, -0.1) is 0 Å². The predicted molar refractivity (Wildman–Crippen MR) is 134 cm³/mol. The first-order valence-corrected chi connectivity index (χ1v) is 11.2. The lowest BCUT2D eigenvalue weighted by molar-refractivity contribution is -0.144. The number of aromatic nitrogens is 1. The number of fused-ring (bicyclic) bond motifs is 1. The van der Waals surface area contributed by atoms with Gasteiger partial charge in [0.1, 0.15) is 28.9 Å². The molecule has 0 aliphatic rings. The molecule has 0 unspecified atom stereocenters. The van der Waals surface area contributed by atoms with E-state index in [1.54, 1.807) is 61.5 Å². The molecule has 1 atom stereocenters. The lowest BCUT2D eigenvalue weighted by Crippen LogP contribution is -2.48. The number of aliphatic carboxylic acids is 1. The smallest absolute Gasteiger partial charge is 0.328 e. The van der Waals surface area contributed by atoms with Crippen LogP contribution >= 0.6 is 0 Å². The molecule has 4 aromatic rings. The van der Waals surface area contributed by atoms with Gasteiger partial charge in [0, 0.05) is 29.4 Å². The molecule has 2 N–H and O–H groups in total. The van der Waals surface area contributed by atoms with Crippen molar-refractivity contribution in [3.05, 3.63) is 100 Å². The molecule has 0 spiro atoms. The zero-order valence-electron chi connectivity index (χ0n) is 19.8.